The summed E-state index contributed by atoms with van der Waals surface area (Å²) < 4.78 is 9.54. The Morgan fingerprint density at radius 1 is 0.206 bits per heavy atom. The third-order valence-corrected chi connectivity index (χ3v) is 13.1. The van der Waals surface area contributed by atoms with Gasteiger partial charge in [-0.1, -0.05) is 109 Å². The highest BCUT2D eigenvalue weighted by atomic mass is 15.0. The van der Waals surface area contributed by atoms with Crippen molar-refractivity contribution in [3.63, 3.8) is 0 Å². The first-order valence-corrected chi connectivity index (χ1v) is 23.4. The fourth-order valence-corrected chi connectivity index (χ4v) is 10.1. The molecule has 20 aromatic rings. The molecule has 0 radical (unpaired) electrons. The fraction of sp³-hybridized carbons (Fsp3) is 0.0625. The Kier molecular flexibility index (Phi) is 11.1. The fourth-order valence-electron chi connectivity index (χ4n) is 10.1. The zero-order chi connectivity index (χ0) is 46.1. The van der Waals surface area contributed by atoms with Crippen molar-refractivity contribution >= 4 is 65.7 Å². The Balaban J connectivity index is 1.31. The molecule has 0 aliphatic carbocycles. The normalized spacial score (nSPS) is 11.2. The van der Waals surface area contributed by atoms with Crippen LogP contribution in [0.2, 0.25) is 0 Å². The van der Waals surface area contributed by atoms with E-state index in [-0.39, 0.29) is 0 Å². The molecule has 12 bridgehead atoms. The Bertz CT molecular complexity index is 3580. The summed E-state index contributed by atoms with van der Waals surface area (Å²) in [6.07, 6.45) is 0. The lowest BCUT2D eigenvalue weighted by atomic mass is 10.0. The van der Waals surface area contributed by atoms with Crippen molar-refractivity contribution in [2.24, 2.45) is 0 Å². The molecule has 0 saturated carbocycles. The third-order valence-electron chi connectivity index (χ3n) is 13.1. The van der Waals surface area contributed by atoms with E-state index in [2.05, 4.69) is 289 Å². The number of benzene rings is 10. The summed E-state index contributed by atoms with van der Waals surface area (Å²) in [7, 11) is 0. The van der Waals surface area contributed by atoms with E-state index in [4.69, 9.17) is 0 Å². The van der Waals surface area contributed by atoms with E-state index in [0.717, 1.165) is 66.6 Å². The predicted octanol–water partition coefficient (Wildman–Crippen LogP) is 16.9. The number of nitrogens with zero attached hydrogens (tertiary/aromatic N) is 4. The molecule has 0 spiro atoms. The van der Waals surface area contributed by atoms with Crippen LogP contribution in [0.1, 0.15) is 22.3 Å². The van der Waals surface area contributed by atoms with Crippen LogP contribution in [0.15, 0.2) is 243 Å². The largest absolute Gasteiger partial charge is 0.310 e. The van der Waals surface area contributed by atoms with Crippen LogP contribution in [-0.4, -0.2) is 18.3 Å². The van der Waals surface area contributed by atoms with Crippen LogP contribution in [0.3, 0.4) is 0 Å². The molecule has 20 rings (SSSR count). The van der Waals surface area contributed by atoms with Gasteiger partial charge >= 0.3 is 0 Å². The van der Waals surface area contributed by atoms with Gasteiger partial charge in [0.05, 0.1) is 11.0 Å². The first-order chi connectivity index (χ1) is 33.4. The van der Waals surface area contributed by atoms with Crippen LogP contribution in [0.4, 0.5) is 0 Å². The van der Waals surface area contributed by atoms with Crippen molar-refractivity contribution in [3.8, 4) is 22.7 Å². The van der Waals surface area contributed by atoms with Gasteiger partial charge in [0.15, 0.2) is 0 Å². The first kappa shape index (κ1) is 42.1. The number of hydrogen-bond acceptors (Lipinski definition) is 0. The molecule has 10 aromatic heterocycles. The molecule has 0 fully saturated rings. The van der Waals surface area contributed by atoms with Crippen molar-refractivity contribution in [3.05, 3.63) is 265 Å². The molecule has 68 heavy (non-hydrogen) atoms. The zero-order valence-corrected chi connectivity index (χ0v) is 38.9. The van der Waals surface area contributed by atoms with Gasteiger partial charge < -0.3 is 18.3 Å². The number of aromatic nitrogens is 4. The zero-order valence-electron chi connectivity index (χ0n) is 38.9. The van der Waals surface area contributed by atoms with E-state index >= 15 is 0 Å². The molecule has 0 amide bonds. The molecule has 328 valence electrons. The van der Waals surface area contributed by atoms with Crippen molar-refractivity contribution in [1.29, 1.82) is 0 Å². The van der Waals surface area contributed by atoms with Crippen molar-refractivity contribution in [2.45, 2.75) is 27.7 Å². The second kappa shape index (κ2) is 18.0. The molecule has 10 heterocycles. The Labute approximate surface area is 397 Å². The van der Waals surface area contributed by atoms with Crippen molar-refractivity contribution in [1.82, 2.24) is 18.3 Å². The highest BCUT2D eigenvalue weighted by Gasteiger charge is 2.12. The quantitative estimate of drug-likeness (QED) is 0.168. The molecule has 0 N–H and O–H groups in total. The Morgan fingerprint density at radius 2 is 0.471 bits per heavy atom. The number of rotatable bonds is 4. The summed E-state index contributed by atoms with van der Waals surface area (Å²) in [6.45, 7) is 8.98. The Hall–Kier alpha value is -8.60. The summed E-state index contributed by atoms with van der Waals surface area (Å²) in [5.41, 5.74) is 18.0. The second-order valence-electron chi connectivity index (χ2n) is 17.7. The summed E-state index contributed by atoms with van der Waals surface area (Å²) in [6, 6.07) is 88.2. The maximum Gasteiger partial charge on any atom is 0.0520 e. The van der Waals surface area contributed by atoms with E-state index in [1.54, 1.807) is 0 Å². The number of aryl methyl sites for hydroxylation is 4. The molecular weight excluding hydrogens is 825 g/mol. The predicted molar refractivity (Wildman–Crippen MR) is 289 cm³/mol. The lowest BCUT2D eigenvalue weighted by Gasteiger charge is -2.18. The average Bonchev–Trinajstić information content (AvgIpc) is 3.38. The van der Waals surface area contributed by atoms with Gasteiger partial charge in [-0.2, -0.15) is 0 Å². The number of hydrogen-bond donors (Lipinski definition) is 0. The average molecular weight is 877 g/mol. The molecule has 0 aliphatic heterocycles. The molecule has 0 unspecified atom stereocenters. The monoisotopic (exact) mass is 876 g/mol. The van der Waals surface area contributed by atoms with Gasteiger partial charge in [-0.3, -0.25) is 0 Å². The summed E-state index contributed by atoms with van der Waals surface area (Å²) in [4.78, 5) is 0. The molecule has 0 atom stereocenters. The topological polar surface area (TPSA) is 19.7 Å². The van der Waals surface area contributed by atoms with Gasteiger partial charge in [0.25, 0.3) is 0 Å². The third kappa shape index (κ3) is 7.97. The van der Waals surface area contributed by atoms with Crippen LogP contribution in [0.5, 0.6) is 0 Å². The smallest absolute Gasteiger partial charge is 0.0520 e. The lowest BCUT2D eigenvalue weighted by molar-refractivity contribution is 1.11. The maximum absolute atomic E-state index is 2.42. The minimum atomic E-state index is 1.07. The summed E-state index contributed by atoms with van der Waals surface area (Å²) >= 11 is 0. The summed E-state index contributed by atoms with van der Waals surface area (Å²) in [5, 5.41) is 4.69. The molecule has 0 saturated heterocycles. The van der Waals surface area contributed by atoms with E-state index in [1.165, 1.54) is 44.1 Å². The van der Waals surface area contributed by atoms with Gasteiger partial charge in [0, 0.05) is 55.8 Å². The maximum atomic E-state index is 2.42. The van der Waals surface area contributed by atoms with Gasteiger partial charge in [-0.25, -0.2) is 0 Å². The standard InChI is InChI=1S/C64H52N4/c1-45-39-51-40-46(2)63(45)67(55-23-13-7-14-24-55)61-29-18-30-62(44-61)68(56-25-15-8-16-26-56)64-47(3)41-52(42-48(64)4)50-33-37-58(38-34-50)66(54-21-11-6-12-22-54)60-28-17-27-59(43-60)65(53-19-9-5-10-20-53)57-35-31-49(51)32-36-57/h5-44H,1-4H3. The number of para-hydroxylation sites is 4. The van der Waals surface area contributed by atoms with Gasteiger partial charge in [-0.05, 0) is 205 Å². The molecule has 10 aromatic carbocycles. The van der Waals surface area contributed by atoms with E-state index in [0.29, 0.717) is 0 Å². The summed E-state index contributed by atoms with van der Waals surface area (Å²) in [5.74, 6) is 0. The second-order valence-corrected chi connectivity index (χ2v) is 17.7. The Morgan fingerprint density at radius 3 is 0.765 bits per heavy atom. The molecule has 4 nitrogen and oxygen atoms in total. The highest BCUT2D eigenvalue weighted by molar-refractivity contribution is 5.90. The van der Waals surface area contributed by atoms with E-state index in [9.17, 15) is 0 Å². The van der Waals surface area contributed by atoms with E-state index in [1.807, 2.05) is 0 Å². The van der Waals surface area contributed by atoms with Crippen LogP contribution in [0, 0.1) is 27.7 Å². The van der Waals surface area contributed by atoms with Gasteiger partial charge in [0.2, 0.25) is 0 Å². The van der Waals surface area contributed by atoms with Crippen LogP contribution in [0.25, 0.3) is 88.4 Å². The first-order valence-electron chi connectivity index (χ1n) is 23.4. The SMILES string of the molecule is Cc1cc2cc(C)c1n(-c1ccccc1)c1cccc(c1)n(-c1ccccc1)c1c(C)cc(cc1C)c1ccc(cc1)n(-c1ccccc1)c1cccc(c1)n(-c1ccccc1)c1ccc2cc1. The van der Waals surface area contributed by atoms with Crippen LogP contribution < -0.4 is 0 Å². The van der Waals surface area contributed by atoms with E-state index < -0.39 is 0 Å². The van der Waals surface area contributed by atoms with Gasteiger partial charge in [0.1, 0.15) is 0 Å². The lowest BCUT2D eigenvalue weighted by Crippen LogP contribution is -2.03. The van der Waals surface area contributed by atoms with Gasteiger partial charge in [-0.15, -0.1) is 0 Å². The molecular formula is C64H52N4. The van der Waals surface area contributed by atoms with Crippen molar-refractivity contribution < 1.29 is 0 Å². The minimum Gasteiger partial charge on any atom is -0.310 e. The molecule has 0 aliphatic rings. The van der Waals surface area contributed by atoms with Crippen LogP contribution >= 0.6 is 0 Å². The van der Waals surface area contributed by atoms with Crippen molar-refractivity contribution in [2.75, 3.05) is 0 Å². The highest BCUT2D eigenvalue weighted by Crippen LogP contribution is 2.31. The molecule has 4 heteroatoms. The minimum absolute atomic E-state index is 1.07. The van der Waals surface area contributed by atoms with Crippen LogP contribution in [-0.2, 0) is 0 Å².